The van der Waals surface area contributed by atoms with Gasteiger partial charge in [0.15, 0.2) is 0 Å². The number of aromatic nitrogens is 3. The molecule has 1 N–H and O–H groups in total. The molecule has 0 unspecified atom stereocenters. The van der Waals surface area contributed by atoms with Gasteiger partial charge < -0.3 is 9.26 Å². The van der Waals surface area contributed by atoms with Gasteiger partial charge >= 0.3 is 0 Å². The van der Waals surface area contributed by atoms with Crippen LogP contribution in [0.2, 0.25) is 0 Å². The van der Waals surface area contributed by atoms with E-state index in [4.69, 9.17) is 9.26 Å². The minimum absolute atomic E-state index is 0.798. The van der Waals surface area contributed by atoms with Crippen molar-refractivity contribution in [1.29, 1.82) is 0 Å². The zero-order valence-electron chi connectivity index (χ0n) is 13.4. The molecule has 1 aliphatic heterocycles. The number of nitrogens with one attached hydrogen (secondary N) is 1. The molecule has 1 fully saturated rings. The van der Waals surface area contributed by atoms with Crippen LogP contribution in [0.1, 0.15) is 17.1 Å². The fourth-order valence-electron chi connectivity index (χ4n) is 3.21. The largest absolute Gasteiger partial charge is 0.379 e. The average Bonchev–Trinajstić information content (AvgIpc) is 3.12. The highest BCUT2D eigenvalue weighted by Gasteiger charge is 2.16. The van der Waals surface area contributed by atoms with Crippen LogP contribution in [0.25, 0.3) is 22.0 Å². The van der Waals surface area contributed by atoms with Crippen LogP contribution in [0.15, 0.2) is 22.7 Å². The molecule has 0 spiro atoms. The highest BCUT2D eigenvalue weighted by atomic mass is 16.5. The molecule has 6 heteroatoms. The second kappa shape index (κ2) is 5.79. The van der Waals surface area contributed by atoms with Crippen LogP contribution in [0, 0.1) is 13.8 Å². The summed E-state index contributed by atoms with van der Waals surface area (Å²) < 4.78 is 10.7. The summed E-state index contributed by atoms with van der Waals surface area (Å²) >= 11 is 0. The summed E-state index contributed by atoms with van der Waals surface area (Å²) in [5.41, 5.74) is 5.25. The third-order valence-corrected chi connectivity index (χ3v) is 4.44. The molecule has 2 aromatic heterocycles. The molecule has 0 radical (unpaired) electrons. The molecule has 1 aromatic carbocycles. The topological polar surface area (TPSA) is 67.2 Å². The number of rotatable bonds is 3. The van der Waals surface area contributed by atoms with E-state index in [0.717, 1.165) is 72.0 Å². The number of hydrogen-bond acceptors (Lipinski definition) is 5. The molecule has 3 heterocycles. The molecular weight excluding hydrogens is 292 g/mol. The third kappa shape index (κ3) is 2.64. The number of aryl methyl sites for hydroxylation is 2. The van der Waals surface area contributed by atoms with Gasteiger partial charge in [-0.1, -0.05) is 11.2 Å². The normalized spacial score (nSPS) is 16.3. The van der Waals surface area contributed by atoms with Gasteiger partial charge in [-0.15, -0.1) is 0 Å². The maximum atomic E-state index is 5.41. The Kier molecular flexibility index (Phi) is 3.63. The standard InChI is InChI=1S/C17H20N4O2/c1-11-17(12(2)23-20-11)13-3-4-15-14(9-13)16(19-18-15)10-21-5-7-22-8-6-21/h3-4,9H,5-8,10H2,1-2H3,(H,18,19). The van der Waals surface area contributed by atoms with Crippen molar-refractivity contribution in [3.05, 3.63) is 35.3 Å². The van der Waals surface area contributed by atoms with E-state index in [0.29, 0.717) is 0 Å². The van der Waals surface area contributed by atoms with Crippen LogP contribution >= 0.6 is 0 Å². The molecule has 23 heavy (non-hydrogen) atoms. The first-order valence-electron chi connectivity index (χ1n) is 7.93. The lowest BCUT2D eigenvalue weighted by molar-refractivity contribution is 0.0338. The predicted octanol–water partition coefficient (Wildman–Crippen LogP) is 2.67. The van der Waals surface area contributed by atoms with E-state index in [1.165, 1.54) is 0 Å². The monoisotopic (exact) mass is 312 g/mol. The summed E-state index contributed by atoms with van der Waals surface area (Å²) in [6.45, 7) is 8.27. The van der Waals surface area contributed by atoms with Crippen molar-refractivity contribution in [2.45, 2.75) is 20.4 Å². The van der Waals surface area contributed by atoms with Crippen LogP contribution < -0.4 is 0 Å². The number of aromatic amines is 1. The van der Waals surface area contributed by atoms with Gasteiger partial charge in [0.25, 0.3) is 0 Å². The maximum Gasteiger partial charge on any atom is 0.141 e. The molecule has 1 aliphatic rings. The van der Waals surface area contributed by atoms with E-state index in [2.05, 4.69) is 38.5 Å². The van der Waals surface area contributed by atoms with E-state index in [1.807, 2.05) is 13.8 Å². The van der Waals surface area contributed by atoms with Crippen molar-refractivity contribution >= 4 is 10.9 Å². The summed E-state index contributed by atoms with van der Waals surface area (Å²) in [7, 11) is 0. The smallest absolute Gasteiger partial charge is 0.141 e. The molecular formula is C17H20N4O2. The van der Waals surface area contributed by atoms with E-state index in [9.17, 15) is 0 Å². The molecule has 1 saturated heterocycles. The number of H-pyrrole nitrogens is 1. The van der Waals surface area contributed by atoms with Gasteiger partial charge in [0, 0.05) is 30.6 Å². The third-order valence-electron chi connectivity index (χ3n) is 4.44. The lowest BCUT2D eigenvalue weighted by atomic mass is 10.0. The Hall–Kier alpha value is -2.18. The highest BCUT2D eigenvalue weighted by molar-refractivity contribution is 5.87. The zero-order valence-corrected chi connectivity index (χ0v) is 13.4. The Morgan fingerprint density at radius 2 is 2.04 bits per heavy atom. The summed E-state index contributed by atoms with van der Waals surface area (Å²) in [4.78, 5) is 2.38. The fourth-order valence-corrected chi connectivity index (χ4v) is 3.21. The van der Waals surface area contributed by atoms with Gasteiger partial charge in [-0.05, 0) is 31.5 Å². The number of nitrogens with zero attached hydrogens (tertiary/aromatic N) is 3. The Balaban J connectivity index is 1.71. The molecule has 3 aromatic rings. The van der Waals surface area contributed by atoms with Crippen LogP contribution in [-0.4, -0.2) is 46.6 Å². The Bertz CT molecular complexity index is 811. The zero-order chi connectivity index (χ0) is 15.8. The summed E-state index contributed by atoms with van der Waals surface area (Å²) in [5, 5.41) is 12.9. The van der Waals surface area contributed by atoms with Crippen LogP contribution in [0.4, 0.5) is 0 Å². The van der Waals surface area contributed by atoms with E-state index >= 15 is 0 Å². The van der Waals surface area contributed by atoms with Crippen molar-refractivity contribution in [2.24, 2.45) is 0 Å². The second-order valence-corrected chi connectivity index (χ2v) is 6.02. The minimum Gasteiger partial charge on any atom is -0.379 e. The maximum absolute atomic E-state index is 5.41. The molecule has 0 saturated carbocycles. The second-order valence-electron chi connectivity index (χ2n) is 6.02. The van der Waals surface area contributed by atoms with E-state index in [1.54, 1.807) is 0 Å². The summed E-state index contributed by atoms with van der Waals surface area (Å²) in [6.07, 6.45) is 0. The van der Waals surface area contributed by atoms with Gasteiger partial charge in [0.2, 0.25) is 0 Å². The van der Waals surface area contributed by atoms with Crippen molar-refractivity contribution in [3.63, 3.8) is 0 Å². The molecule has 0 aliphatic carbocycles. The lowest BCUT2D eigenvalue weighted by Gasteiger charge is -2.25. The number of ether oxygens (including phenoxy) is 1. The summed E-state index contributed by atoms with van der Waals surface area (Å²) in [6, 6.07) is 6.35. The van der Waals surface area contributed by atoms with Gasteiger partial charge in [-0.3, -0.25) is 10.00 Å². The fraction of sp³-hybridized carbons (Fsp3) is 0.412. The molecule has 0 bridgehead atoms. The van der Waals surface area contributed by atoms with Gasteiger partial charge in [0.05, 0.1) is 30.1 Å². The number of fused-ring (bicyclic) bond motifs is 1. The molecule has 0 amide bonds. The molecule has 120 valence electrons. The number of hydrogen-bond donors (Lipinski definition) is 1. The molecule has 6 nitrogen and oxygen atoms in total. The molecule has 0 atom stereocenters. The van der Waals surface area contributed by atoms with Crippen molar-refractivity contribution in [3.8, 4) is 11.1 Å². The van der Waals surface area contributed by atoms with Crippen molar-refractivity contribution in [1.82, 2.24) is 20.3 Å². The van der Waals surface area contributed by atoms with Crippen LogP contribution in [0.5, 0.6) is 0 Å². The van der Waals surface area contributed by atoms with Crippen molar-refractivity contribution < 1.29 is 9.26 Å². The first-order valence-corrected chi connectivity index (χ1v) is 7.93. The van der Waals surface area contributed by atoms with Crippen LogP contribution in [-0.2, 0) is 11.3 Å². The van der Waals surface area contributed by atoms with E-state index < -0.39 is 0 Å². The lowest BCUT2D eigenvalue weighted by Crippen LogP contribution is -2.35. The number of benzene rings is 1. The minimum atomic E-state index is 0.798. The average molecular weight is 312 g/mol. The van der Waals surface area contributed by atoms with E-state index in [-0.39, 0.29) is 0 Å². The quantitative estimate of drug-likeness (QED) is 0.805. The highest BCUT2D eigenvalue weighted by Crippen LogP contribution is 2.30. The Labute approximate surface area is 134 Å². The first-order chi connectivity index (χ1) is 11.2. The summed E-state index contributed by atoms with van der Waals surface area (Å²) in [5.74, 6) is 0.847. The first kappa shape index (κ1) is 14.4. The predicted molar refractivity (Wildman–Crippen MR) is 87.2 cm³/mol. The Morgan fingerprint density at radius 1 is 1.22 bits per heavy atom. The van der Waals surface area contributed by atoms with Crippen LogP contribution in [0.3, 0.4) is 0 Å². The van der Waals surface area contributed by atoms with Gasteiger partial charge in [0.1, 0.15) is 5.76 Å². The molecule has 4 rings (SSSR count). The SMILES string of the molecule is Cc1noc(C)c1-c1ccc2[nH]nc(CN3CCOCC3)c2c1. The van der Waals surface area contributed by atoms with Gasteiger partial charge in [-0.2, -0.15) is 5.10 Å². The van der Waals surface area contributed by atoms with Gasteiger partial charge in [-0.25, -0.2) is 0 Å². The van der Waals surface area contributed by atoms with Crippen molar-refractivity contribution in [2.75, 3.05) is 26.3 Å². The number of morpholine rings is 1. The Morgan fingerprint density at radius 3 is 2.78 bits per heavy atom.